The number of carbonyl (C=O) groups is 1. The summed E-state index contributed by atoms with van der Waals surface area (Å²) in [5, 5.41) is 19.3. The van der Waals surface area contributed by atoms with Crippen molar-refractivity contribution in [2.75, 3.05) is 20.2 Å². The van der Waals surface area contributed by atoms with Crippen LogP contribution in [-0.4, -0.2) is 41.0 Å². The largest absolute Gasteiger partial charge is 0.395 e. The predicted molar refractivity (Wildman–Crippen MR) is 57.1 cm³/mol. The van der Waals surface area contributed by atoms with Gasteiger partial charge in [0.1, 0.15) is 11.4 Å². The number of likely N-dealkylation sites (N-methyl/N-ethyl adjacent to an activating group) is 1. The Kier molecular flexibility index (Phi) is 4.11. The zero-order valence-corrected chi connectivity index (χ0v) is 9.09. The SMILES string of the molecule is CN(CCO)C(=O)c1cc(F)ccc1[N+](=O)[O-]. The first-order valence-corrected chi connectivity index (χ1v) is 4.77. The Morgan fingerprint density at radius 1 is 1.59 bits per heavy atom. The molecule has 17 heavy (non-hydrogen) atoms. The van der Waals surface area contributed by atoms with E-state index in [-0.39, 0.29) is 18.7 Å². The molecule has 0 heterocycles. The maximum absolute atomic E-state index is 13.0. The van der Waals surface area contributed by atoms with Crippen LogP contribution in [-0.2, 0) is 0 Å². The van der Waals surface area contributed by atoms with Gasteiger partial charge in [0.05, 0.1) is 11.5 Å². The number of amides is 1. The molecule has 0 saturated heterocycles. The first kappa shape index (κ1) is 13.0. The molecule has 0 radical (unpaired) electrons. The van der Waals surface area contributed by atoms with E-state index in [1.807, 2.05) is 0 Å². The lowest BCUT2D eigenvalue weighted by molar-refractivity contribution is -0.385. The number of benzene rings is 1. The summed E-state index contributed by atoms with van der Waals surface area (Å²) in [5.41, 5.74) is -0.785. The van der Waals surface area contributed by atoms with Crippen molar-refractivity contribution in [1.29, 1.82) is 0 Å². The molecule has 1 amide bonds. The number of aliphatic hydroxyl groups excluding tert-OH is 1. The van der Waals surface area contributed by atoms with Gasteiger partial charge >= 0.3 is 0 Å². The first-order valence-electron chi connectivity index (χ1n) is 4.77. The molecular weight excluding hydrogens is 231 g/mol. The lowest BCUT2D eigenvalue weighted by atomic mass is 10.1. The third kappa shape index (κ3) is 2.97. The highest BCUT2D eigenvalue weighted by Crippen LogP contribution is 2.20. The van der Waals surface area contributed by atoms with Gasteiger partial charge in [0.2, 0.25) is 0 Å². The fraction of sp³-hybridized carbons (Fsp3) is 0.300. The average molecular weight is 242 g/mol. The molecule has 92 valence electrons. The Morgan fingerprint density at radius 2 is 2.24 bits per heavy atom. The Morgan fingerprint density at radius 3 is 2.76 bits per heavy atom. The number of hydrogen-bond acceptors (Lipinski definition) is 4. The van der Waals surface area contributed by atoms with Crippen LogP contribution in [0.15, 0.2) is 18.2 Å². The highest BCUT2D eigenvalue weighted by molar-refractivity contribution is 5.98. The monoisotopic (exact) mass is 242 g/mol. The van der Waals surface area contributed by atoms with Crippen molar-refractivity contribution in [1.82, 2.24) is 4.90 Å². The zero-order chi connectivity index (χ0) is 13.0. The van der Waals surface area contributed by atoms with E-state index in [0.717, 1.165) is 23.1 Å². The van der Waals surface area contributed by atoms with Gasteiger partial charge in [-0.1, -0.05) is 0 Å². The molecule has 0 fully saturated rings. The predicted octanol–water partition coefficient (Wildman–Crippen LogP) is 0.798. The smallest absolute Gasteiger partial charge is 0.282 e. The summed E-state index contributed by atoms with van der Waals surface area (Å²) < 4.78 is 13.0. The number of hydrogen-bond donors (Lipinski definition) is 1. The Bertz CT molecular complexity index is 450. The standard InChI is InChI=1S/C10H11FN2O4/c1-12(4-5-14)10(15)8-6-7(11)2-3-9(8)13(16)17/h2-3,6,14H,4-5H2,1H3. The van der Waals surface area contributed by atoms with Crippen molar-refractivity contribution in [2.24, 2.45) is 0 Å². The number of rotatable bonds is 4. The van der Waals surface area contributed by atoms with Gasteiger partial charge in [-0.15, -0.1) is 0 Å². The van der Waals surface area contributed by atoms with E-state index in [1.54, 1.807) is 0 Å². The van der Waals surface area contributed by atoms with Crippen LogP contribution in [0.4, 0.5) is 10.1 Å². The average Bonchev–Trinajstić information content (AvgIpc) is 2.27. The molecule has 7 heteroatoms. The second-order valence-electron chi connectivity index (χ2n) is 3.37. The van der Waals surface area contributed by atoms with Crippen LogP contribution in [0.2, 0.25) is 0 Å². The van der Waals surface area contributed by atoms with E-state index in [2.05, 4.69) is 0 Å². The van der Waals surface area contributed by atoms with Crippen molar-refractivity contribution in [2.45, 2.75) is 0 Å². The van der Waals surface area contributed by atoms with Crippen molar-refractivity contribution in [3.63, 3.8) is 0 Å². The van der Waals surface area contributed by atoms with Crippen molar-refractivity contribution in [3.05, 3.63) is 39.7 Å². The molecule has 1 aromatic rings. The third-order valence-corrected chi connectivity index (χ3v) is 2.17. The lowest BCUT2D eigenvalue weighted by Gasteiger charge is -2.15. The van der Waals surface area contributed by atoms with Crippen molar-refractivity contribution >= 4 is 11.6 Å². The molecule has 0 aliphatic rings. The molecule has 1 rings (SSSR count). The molecule has 0 aromatic heterocycles. The molecule has 0 spiro atoms. The Balaban J connectivity index is 3.15. The normalized spacial score (nSPS) is 10.1. The highest BCUT2D eigenvalue weighted by Gasteiger charge is 2.23. The van der Waals surface area contributed by atoms with Crippen LogP contribution >= 0.6 is 0 Å². The van der Waals surface area contributed by atoms with Crippen LogP contribution in [0.5, 0.6) is 0 Å². The number of nitro benzene ring substituents is 1. The Labute approximate surface area is 96.4 Å². The van der Waals surface area contributed by atoms with Gasteiger partial charge in [0.25, 0.3) is 11.6 Å². The summed E-state index contributed by atoms with van der Waals surface area (Å²) in [7, 11) is 1.37. The fourth-order valence-corrected chi connectivity index (χ4v) is 1.30. The lowest BCUT2D eigenvalue weighted by Crippen LogP contribution is -2.30. The van der Waals surface area contributed by atoms with Gasteiger partial charge in [-0.2, -0.15) is 0 Å². The number of nitrogens with zero attached hydrogens (tertiary/aromatic N) is 2. The molecule has 0 unspecified atom stereocenters. The van der Waals surface area contributed by atoms with E-state index < -0.39 is 22.3 Å². The minimum atomic E-state index is -0.751. The quantitative estimate of drug-likeness (QED) is 0.625. The molecule has 1 N–H and O–H groups in total. The molecule has 0 aliphatic carbocycles. The van der Waals surface area contributed by atoms with E-state index in [4.69, 9.17) is 5.11 Å². The summed E-state index contributed by atoms with van der Waals surface area (Å²) >= 11 is 0. The first-order chi connectivity index (χ1) is 7.97. The second-order valence-corrected chi connectivity index (χ2v) is 3.37. The summed E-state index contributed by atoms with van der Waals surface area (Å²) in [4.78, 5) is 22.8. The van der Waals surface area contributed by atoms with Gasteiger partial charge in [-0.05, 0) is 12.1 Å². The Hall–Kier alpha value is -2.02. The number of nitro groups is 1. The van der Waals surface area contributed by atoms with Gasteiger partial charge in [0.15, 0.2) is 0 Å². The molecule has 0 aliphatic heterocycles. The van der Waals surface area contributed by atoms with E-state index in [1.165, 1.54) is 7.05 Å². The van der Waals surface area contributed by atoms with Crippen LogP contribution < -0.4 is 0 Å². The van der Waals surface area contributed by atoms with Crippen LogP contribution in [0, 0.1) is 15.9 Å². The number of halogens is 1. The highest BCUT2D eigenvalue weighted by atomic mass is 19.1. The number of aliphatic hydroxyl groups is 1. The van der Waals surface area contributed by atoms with Crippen LogP contribution in [0.25, 0.3) is 0 Å². The molecule has 0 saturated carbocycles. The number of carbonyl (C=O) groups excluding carboxylic acids is 1. The third-order valence-electron chi connectivity index (χ3n) is 2.17. The van der Waals surface area contributed by atoms with E-state index >= 15 is 0 Å². The second kappa shape index (κ2) is 5.35. The molecule has 6 nitrogen and oxygen atoms in total. The maximum Gasteiger partial charge on any atom is 0.282 e. The van der Waals surface area contributed by atoms with Gasteiger partial charge < -0.3 is 10.0 Å². The maximum atomic E-state index is 13.0. The van der Waals surface area contributed by atoms with Gasteiger partial charge in [0, 0.05) is 19.7 Å². The summed E-state index contributed by atoms with van der Waals surface area (Å²) in [6, 6.07) is 2.67. The van der Waals surface area contributed by atoms with Crippen LogP contribution in [0.1, 0.15) is 10.4 Å². The van der Waals surface area contributed by atoms with E-state index in [0.29, 0.717) is 0 Å². The molecule has 1 aromatic carbocycles. The van der Waals surface area contributed by atoms with Crippen molar-refractivity contribution in [3.8, 4) is 0 Å². The summed E-state index contributed by atoms with van der Waals surface area (Å²) in [5.74, 6) is -1.43. The topological polar surface area (TPSA) is 83.7 Å². The van der Waals surface area contributed by atoms with Crippen LogP contribution in [0.3, 0.4) is 0 Å². The van der Waals surface area contributed by atoms with Gasteiger partial charge in [-0.3, -0.25) is 14.9 Å². The zero-order valence-electron chi connectivity index (χ0n) is 9.09. The molecular formula is C10H11FN2O4. The minimum Gasteiger partial charge on any atom is -0.395 e. The van der Waals surface area contributed by atoms with Crippen molar-refractivity contribution < 1.29 is 19.2 Å². The summed E-state index contributed by atoms with van der Waals surface area (Å²) in [6.45, 7) is -0.252. The molecule has 0 bridgehead atoms. The van der Waals surface area contributed by atoms with Gasteiger partial charge in [-0.25, -0.2) is 4.39 Å². The van der Waals surface area contributed by atoms with E-state index in [9.17, 15) is 19.3 Å². The minimum absolute atomic E-state index is 0.0203. The summed E-state index contributed by atoms with van der Waals surface area (Å²) in [6.07, 6.45) is 0. The fourth-order valence-electron chi connectivity index (χ4n) is 1.30. The molecule has 0 atom stereocenters.